The smallest absolute Gasteiger partial charge is 0.188 e. The van der Waals surface area contributed by atoms with Crippen LogP contribution in [0.4, 0.5) is 0 Å². The Morgan fingerprint density at radius 2 is 1.95 bits per heavy atom. The number of hydrogen-bond donors (Lipinski definition) is 2. The molecule has 0 aliphatic heterocycles. The van der Waals surface area contributed by atoms with Gasteiger partial charge < -0.3 is 20.5 Å². The van der Waals surface area contributed by atoms with Crippen LogP contribution in [0.3, 0.4) is 0 Å². The lowest BCUT2D eigenvalue weighted by Gasteiger charge is -2.08. The van der Waals surface area contributed by atoms with Crippen molar-refractivity contribution < 1.29 is 9.47 Å². The second kappa shape index (κ2) is 12.5. The Balaban J connectivity index is 0.00000441. The van der Waals surface area contributed by atoms with E-state index in [-0.39, 0.29) is 24.0 Å². The minimum atomic E-state index is 0. The molecule has 1 rings (SSSR count). The van der Waals surface area contributed by atoms with Gasteiger partial charge in [0.05, 0.1) is 20.3 Å². The average Bonchev–Trinajstić information content (AvgIpc) is 2.47. The fraction of sp³-hybridized carbons (Fsp3) is 0.562. The van der Waals surface area contributed by atoms with Crippen LogP contribution in [0.5, 0.6) is 5.75 Å². The van der Waals surface area contributed by atoms with Gasteiger partial charge in [-0.2, -0.15) is 0 Å². The van der Waals surface area contributed by atoms with Crippen molar-refractivity contribution in [2.75, 3.05) is 26.8 Å². The highest BCUT2D eigenvalue weighted by Crippen LogP contribution is 2.11. The monoisotopic (exact) mass is 421 g/mol. The highest BCUT2D eigenvalue weighted by Gasteiger charge is 1.96. The number of guanidine groups is 1. The minimum Gasteiger partial charge on any atom is -0.497 e. The Hall–Kier alpha value is -1.02. The van der Waals surface area contributed by atoms with Crippen molar-refractivity contribution in [3.63, 3.8) is 0 Å². The Morgan fingerprint density at radius 1 is 1.27 bits per heavy atom. The largest absolute Gasteiger partial charge is 0.497 e. The zero-order valence-corrected chi connectivity index (χ0v) is 16.0. The number of aliphatic imine (C=N–C) groups is 1. The van der Waals surface area contributed by atoms with Crippen molar-refractivity contribution in [1.82, 2.24) is 5.32 Å². The van der Waals surface area contributed by atoms with Crippen molar-refractivity contribution in [2.45, 2.75) is 26.9 Å². The summed E-state index contributed by atoms with van der Waals surface area (Å²) < 4.78 is 10.7. The topological polar surface area (TPSA) is 68.9 Å². The van der Waals surface area contributed by atoms with Crippen LogP contribution >= 0.6 is 24.0 Å². The van der Waals surface area contributed by atoms with E-state index in [1.165, 1.54) is 0 Å². The predicted octanol–water partition coefficient (Wildman–Crippen LogP) is 2.78. The summed E-state index contributed by atoms with van der Waals surface area (Å²) in [6, 6.07) is 7.84. The molecule has 5 nitrogen and oxygen atoms in total. The molecule has 22 heavy (non-hydrogen) atoms. The molecule has 0 atom stereocenters. The van der Waals surface area contributed by atoms with E-state index in [0.29, 0.717) is 31.6 Å². The standard InChI is InChI=1S/C16H27N3O2.HI/c1-13(2)8-9-18-16(17)19-10-11-21-12-14-4-6-15(20-3)7-5-14;/h4-7,13H,8-12H2,1-3H3,(H3,17,18,19);1H. The quantitative estimate of drug-likeness (QED) is 0.279. The van der Waals surface area contributed by atoms with Gasteiger partial charge >= 0.3 is 0 Å². The third-order valence-electron chi connectivity index (χ3n) is 2.97. The van der Waals surface area contributed by atoms with Crippen LogP contribution in [-0.2, 0) is 11.3 Å². The van der Waals surface area contributed by atoms with Gasteiger partial charge in [-0.05, 0) is 30.0 Å². The molecule has 1 aromatic carbocycles. The van der Waals surface area contributed by atoms with Crippen molar-refractivity contribution >= 4 is 29.9 Å². The molecule has 0 spiro atoms. The number of nitrogens with two attached hydrogens (primary N) is 1. The molecule has 6 heteroatoms. The number of methoxy groups -OCH3 is 1. The Bertz CT molecular complexity index is 422. The highest BCUT2D eigenvalue weighted by molar-refractivity contribution is 14.0. The number of nitrogens with one attached hydrogen (secondary N) is 1. The van der Waals surface area contributed by atoms with E-state index >= 15 is 0 Å². The molecule has 3 N–H and O–H groups in total. The molecule has 0 bridgehead atoms. The second-order valence-corrected chi connectivity index (χ2v) is 5.28. The third kappa shape index (κ3) is 9.83. The molecule has 0 radical (unpaired) electrons. The average molecular weight is 421 g/mol. The SMILES string of the molecule is COc1ccc(COCCNC(N)=NCCC(C)C)cc1.I. The van der Waals surface area contributed by atoms with E-state index in [2.05, 4.69) is 24.2 Å². The van der Waals surface area contributed by atoms with Crippen LogP contribution < -0.4 is 15.8 Å². The summed E-state index contributed by atoms with van der Waals surface area (Å²) in [4.78, 5) is 4.25. The number of rotatable bonds is 9. The maximum absolute atomic E-state index is 5.75. The molecule has 0 unspecified atom stereocenters. The lowest BCUT2D eigenvalue weighted by Crippen LogP contribution is -2.34. The number of halogens is 1. The number of nitrogens with zero attached hydrogens (tertiary/aromatic N) is 1. The second-order valence-electron chi connectivity index (χ2n) is 5.28. The van der Waals surface area contributed by atoms with Gasteiger partial charge in [-0.3, -0.25) is 4.99 Å². The molecule has 0 saturated carbocycles. The minimum absolute atomic E-state index is 0. The van der Waals surface area contributed by atoms with Gasteiger partial charge in [-0.1, -0.05) is 26.0 Å². The first-order valence-corrected chi connectivity index (χ1v) is 7.36. The van der Waals surface area contributed by atoms with Gasteiger partial charge in [0.25, 0.3) is 0 Å². The van der Waals surface area contributed by atoms with Gasteiger partial charge in [0.15, 0.2) is 5.96 Å². The third-order valence-corrected chi connectivity index (χ3v) is 2.97. The van der Waals surface area contributed by atoms with Crippen molar-refractivity contribution in [2.24, 2.45) is 16.6 Å². The maximum atomic E-state index is 5.75. The van der Waals surface area contributed by atoms with Crippen molar-refractivity contribution in [3.8, 4) is 5.75 Å². The summed E-state index contributed by atoms with van der Waals surface area (Å²) in [5, 5.41) is 3.04. The fourth-order valence-corrected chi connectivity index (χ4v) is 1.66. The van der Waals surface area contributed by atoms with Crippen LogP contribution in [-0.4, -0.2) is 32.8 Å². The summed E-state index contributed by atoms with van der Waals surface area (Å²) in [5.41, 5.74) is 6.87. The molecule has 0 aliphatic rings. The van der Waals surface area contributed by atoms with Gasteiger partial charge in [0, 0.05) is 13.1 Å². The zero-order chi connectivity index (χ0) is 15.5. The molecular formula is C16H28IN3O2. The summed E-state index contributed by atoms with van der Waals surface area (Å²) in [6.07, 6.45) is 1.05. The Morgan fingerprint density at radius 3 is 2.55 bits per heavy atom. The maximum Gasteiger partial charge on any atom is 0.188 e. The first-order valence-electron chi connectivity index (χ1n) is 7.36. The van der Waals surface area contributed by atoms with Gasteiger partial charge in [0.1, 0.15) is 5.75 Å². The van der Waals surface area contributed by atoms with Crippen molar-refractivity contribution in [1.29, 1.82) is 0 Å². The molecule has 0 saturated heterocycles. The van der Waals surface area contributed by atoms with E-state index in [9.17, 15) is 0 Å². The summed E-state index contributed by atoms with van der Waals surface area (Å²) in [6.45, 7) is 6.94. The van der Waals surface area contributed by atoms with Gasteiger partial charge in [-0.15, -0.1) is 24.0 Å². The molecule has 0 aliphatic carbocycles. The zero-order valence-electron chi connectivity index (χ0n) is 13.7. The van der Waals surface area contributed by atoms with Crippen LogP contribution in [0.15, 0.2) is 29.3 Å². The van der Waals surface area contributed by atoms with Crippen molar-refractivity contribution in [3.05, 3.63) is 29.8 Å². The van der Waals surface area contributed by atoms with Gasteiger partial charge in [-0.25, -0.2) is 0 Å². The van der Waals surface area contributed by atoms with Crippen LogP contribution in [0.25, 0.3) is 0 Å². The molecule has 0 amide bonds. The van der Waals surface area contributed by atoms with Crippen LogP contribution in [0.1, 0.15) is 25.8 Å². The fourth-order valence-electron chi connectivity index (χ4n) is 1.66. The number of hydrogen-bond acceptors (Lipinski definition) is 3. The number of benzene rings is 1. The summed E-state index contributed by atoms with van der Waals surface area (Å²) >= 11 is 0. The van der Waals surface area contributed by atoms with Crippen LogP contribution in [0, 0.1) is 5.92 Å². The normalized spacial score (nSPS) is 11.2. The molecular weight excluding hydrogens is 393 g/mol. The Kier molecular flexibility index (Phi) is 11.9. The summed E-state index contributed by atoms with van der Waals surface area (Å²) in [5.74, 6) is 1.99. The Labute approximate surface area is 150 Å². The highest BCUT2D eigenvalue weighted by atomic mass is 127. The predicted molar refractivity (Wildman–Crippen MR) is 102 cm³/mol. The first-order chi connectivity index (χ1) is 10.1. The lowest BCUT2D eigenvalue weighted by atomic mass is 10.1. The molecule has 126 valence electrons. The van der Waals surface area contributed by atoms with E-state index in [4.69, 9.17) is 15.2 Å². The molecule has 0 heterocycles. The number of ether oxygens (including phenoxy) is 2. The molecule has 0 fully saturated rings. The van der Waals surface area contributed by atoms with E-state index in [1.54, 1.807) is 7.11 Å². The van der Waals surface area contributed by atoms with E-state index in [0.717, 1.165) is 24.3 Å². The first kappa shape index (κ1) is 21.0. The van der Waals surface area contributed by atoms with E-state index < -0.39 is 0 Å². The summed E-state index contributed by atoms with van der Waals surface area (Å²) in [7, 11) is 1.66. The van der Waals surface area contributed by atoms with Gasteiger partial charge in [0.2, 0.25) is 0 Å². The lowest BCUT2D eigenvalue weighted by molar-refractivity contribution is 0.125. The molecule has 1 aromatic rings. The molecule has 0 aromatic heterocycles. The van der Waals surface area contributed by atoms with E-state index in [1.807, 2.05) is 24.3 Å². The van der Waals surface area contributed by atoms with Crippen LogP contribution in [0.2, 0.25) is 0 Å².